The SMILES string of the molecule is Cc1cc(-c2ccc(C(F)(F)F)nc2)c(-c2nnn[nH]2)cc1NC(=O)[C@@H]1C[C@H]1C1CCCCC1. The van der Waals surface area contributed by atoms with E-state index in [-0.39, 0.29) is 11.8 Å². The summed E-state index contributed by atoms with van der Waals surface area (Å²) in [7, 11) is 0. The Balaban J connectivity index is 1.41. The Morgan fingerprint density at radius 2 is 1.91 bits per heavy atom. The molecule has 3 aromatic rings. The summed E-state index contributed by atoms with van der Waals surface area (Å²) in [6, 6.07) is 5.89. The standard InChI is InChI=1S/C24H25F3N6O/c1-13-9-16(15-7-8-21(28-12-15)24(25,26)27)18(22-30-32-33-31-22)11-20(13)29-23(34)19-10-17(19)14-5-3-2-4-6-14/h7-9,11-12,14,17,19H,2-6,10H2,1H3,(H,29,34)(H,30,31,32,33)/t17-,19+/m0/s1. The number of rotatable bonds is 5. The van der Waals surface area contributed by atoms with Crippen LogP contribution >= 0.6 is 0 Å². The first-order valence-corrected chi connectivity index (χ1v) is 11.5. The molecule has 0 unspecified atom stereocenters. The minimum atomic E-state index is -4.52. The molecule has 2 fully saturated rings. The van der Waals surface area contributed by atoms with Crippen molar-refractivity contribution in [1.29, 1.82) is 0 Å². The lowest BCUT2D eigenvalue weighted by atomic mass is 9.85. The van der Waals surface area contributed by atoms with Crippen molar-refractivity contribution in [2.75, 3.05) is 5.32 Å². The van der Waals surface area contributed by atoms with Gasteiger partial charge >= 0.3 is 6.18 Å². The van der Waals surface area contributed by atoms with Gasteiger partial charge in [0.15, 0.2) is 5.82 Å². The number of halogens is 3. The number of nitrogens with one attached hydrogen (secondary N) is 2. The molecule has 2 atom stereocenters. The number of hydrogen-bond acceptors (Lipinski definition) is 5. The van der Waals surface area contributed by atoms with Gasteiger partial charge in [-0.2, -0.15) is 13.2 Å². The molecule has 0 aliphatic heterocycles. The molecule has 2 saturated carbocycles. The second-order valence-corrected chi connectivity index (χ2v) is 9.29. The lowest BCUT2D eigenvalue weighted by Gasteiger charge is -2.21. The predicted octanol–water partition coefficient (Wildman–Crippen LogP) is 5.41. The molecule has 178 valence electrons. The average Bonchev–Trinajstić information content (AvgIpc) is 3.45. The number of alkyl halides is 3. The summed E-state index contributed by atoms with van der Waals surface area (Å²) in [4.78, 5) is 16.6. The number of benzene rings is 1. The summed E-state index contributed by atoms with van der Waals surface area (Å²) in [5.41, 5.74) is 2.12. The van der Waals surface area contributed by atoms with Crippen LogP contribution in [0, 0.1) is 24.7 Å². The van der Waals surface area contributed by atoms with Crippen LogP contribution in [-0.2, 0) is 11.0 Å². The van der Waals surface area contributed by atoms with E-state index < -0.39 is 11.9 Å². The predicted molar refractivity (Wildman–Crippen MR) is 119 cm³/mol. The minimum absolute atomic E-state index is 0.0178. The van der Waals surface area contributed by atoms with Crippen molar-refractivity contribution in [3.63, 3.8) is 0 Å². The van der Waals surface area contributed by atoms with Gasteiger partial charge in [0, 0.05) is 28.9 Å². The van der Waals surface area contributed by atoms with Crippen molar-refractivity contribution in [1.82, 2.24) is 25.6 Å². The smallest absolute Gasteiger partial charge is 0.326 e. The summed E-state index contributed by atoms with van der Waals surface area (Å²) >= 11 is 0. The van der Waals surface area contributed by atoms with Crippen LogP contribution in [0.1, 0.15) is 49.8 Å². The van der Waals surface area contributed by atoms with E-state index >= 15 is 0 Å². The van der Waals surface area contributed by atoms with Gasteiger partial charge in [0.25, 0.3) is 0 Å². The number of aromatic amines is 1. The Bertz CT molecular complexity index is 1170. The Morgan fingerprint density at radius 3 is 2.56 bits per heavy atom. The van der Waals surface area contributed by atoms with Crippen LogP contribution in [0.4, 0.5) is 18.9 Å². The van der Waals surface area contributed by atoms with E-state index in [1.54, 1.807) is 6.07 Å². The van der Waals surface area contributed by atoms with Gasteiger partial charge in [0.1, 0.15) is 5.69 Å². The topological polar surface area (TPSA) is 96.4 Å². The molecule has 2 aliphatic rings. The molecule has 0 bridgehead atoms. The summed E-state index contributed by atoms with van der Waals surface area (Å²) in [6.45, 7) is 1.85. The van der Waals surface area contributed by atoms with Gasteiger partial charge in [-0.05, 0) is 64.9 Å². The third-order valence-electron chi connectivity index (χ3n) is 7.02. The molecule has 0 spiro atoms. The van der Waals surface area contributed by atoms with E-state index in [4.69, 9.17) is 0 Å². The first-order valence-electron chi connectivity index (χ1n) is 11.5. The number of aromatic nitrogens is 5. The number of aryl methyl sites for hydroxylation is 1. The van der Waals surface area contributed by atoms with Crippen LogP contribution in [0.25, 0.3) is 22.5 Å². The first-order chi connectivity index (χ1) is 16.3. The molecule has 2 heterocycles. The van der Waals surface area contributed by atoms with E-state index in [9.17, 15) is 18.0 Å². The minimum Gasteiger partial charge on any atom is -0.326 e. The van der Waals surface area contributed by atoms with Crippen molar-refractivity contribution < 1.29 is 18.0 Å². The highest BCUT2D eigenvalue weighted by molar-refractivity contribution is 5.97. The monoisotopic (exact) mass is 470 g/mol. The zero-order valence-electron chi connectivity index (χ0n) is 18.7. The maximum absolute atomic E-state index is 13.0. The number of amides is 1. The fourth-order valence-electron chi connectivity index (χ4n) is 5.10. The Hall–Kier alpha value is -3.30. The summed E-state index contributed by atoms with van der Waals surface area (Å²) in [6.07, 6.45) is 3.83. The molecule has 1 amide bonds. The molecule has 10 heteroatoms. The third-order valence-corrected chi connectivity index (χ3v) is 7.02. The number of carbonyl (C=O) groups is 1. The first kappa shape index (κ1) is 22.5. The molecular formula is C24H25F3N6O. The van der Waals surface area contributed by atoms with E-state index in [2.05, 4.69) is 30.9 Å². The number of tetrazole rings is 1. The number of pyridine rings is 1. The van der Waals surface area contributed by atoms with Crippen LogP contribution in [0.15, 0.2) is 30.5 Å². The lowest BCUT2D eigenvalue weighted by Crippen LogP contribution is -2.18. The largest absolute Gasteiger partial charge is 0.433 e. The average molecular weight is 470 g/mol. The van der Waals surface area contributed by atoms with Gasteiger partial charge in [0.2, 0.25) is 5.91 Å². The van der Waals surface area contributed by atoms with E-state index in [1.165, 1.54) is 44.4 Å². The maximum atomic E-state index is 13.0. The van der Waals surface area contributed by atoms with Gasteiger partial charge in [0.05, 0.1) is 0 Å². The lowest BCUT2D eigenvalue weighted by molar-refractivity contribution is -0.141. The fourth-order valence-corrected chi connectivity index (χ4v) is 5.10. The quantitative estimate of drug-likeness (QED) is 0.520. The van der Waals surface area contributed by atoms with Crippen LogP contribution in [-0.4, -0.2) is 31.5 Å². The van der Waals surface area contributed by atoms with Gasteiger partial charge < -0.3 is 5.32 Å². The van der Waals surface area contributed by atoms with Crippen molar-refractivity contribution in [2.24, 2.45) is 17.8 Å². The number of H-pyrrole nitrogens is 1. The van der Waals surface area contributed by atoms with Crippen LogP contribution in [0.5, 0.6) is 0 Å². The summed E-state index contributed by atoms with van der Waals surface area (Å²) in [5.74, 6) is 1.52. The normalized spacial score (nSPS) is 20.8. The van der Waals surface area contributed by atoms with Crippen LogP contribution in [0.2, 0.25) is 0 Å². The molecule has 2 aliphatic carbocycles. The molecule has 7 nitrogen and oxygen atoms in total. The molecule has 0 saturated heterocycles. The van der Waals surface area contributed by atoms with Gasteiger partial charge in [-0.25, -0.2) is 5.10 Å². The number of anilines is 1. The van der Waals surface area contributed by atoms with E-state index in [0.29, 0.717) is 40.0 Å². The Labute approximate surface area is 194 Å². The molecule has 34 heavy (non-hydrogen) atoms. The van der Waals surface area contributed by atoms with E-state index in [0.717, 1.165) is 18.1 Å². The van der Waals surface area contributed by atoms with Gasteiger partial charge in [-0.3, -0.25) is 9.78 Å². The van der Waals surface area contributed by atoms with Gasteiger partial charge in [-0.15, -0.1) is 5.10 Å². The Morgan fingerprint density at radius 1 is 1.12 bits per heavy atom. The highest BCUT2D eigenvalue weighted by Gasteiger charge is 2.47. The van der Waals surface area contributed by atoms with Crippen LogP contribution in [0.3, 0.4) is 0 Å². The number of hydrogen-bond donors (Lipinski definition) is 2. The third kappa shape index (κ3) is 4.53. The molecular weight excluding hydrogens is 445 g/mol. The van der Waals surface area contributed by atoms with Crippen molar-refractivity contribution >= 4 is 11.6 Å². The number of nitrogens with zero attached hydrogens (tertiary/aromatic N) is 4. The van der Waals surface area contributed by atoms with Crippen molar-refractivity contribution in [3.8, 4) is 22.5 Å². The summed E-state index contributed by atoms with van der Waals surface area (Å²) in [5, 5.41) is 17.0. The van der Waals surface area contributed by atoms with Crippen LogP contribution < -0.4 is 5.32 Å². The number of carbonyl (C=O) groups excluding carboxylic acids is 1. The zero-order chi connectivity index (χ0) is 23.9. The van der Waals surface area contributed by atoms with Gasteiger partial charge in [-0.1, -0.05) is 38.2 Å². The molecule has 5 rings (SSSR count). The van der Waals surface area contributed by atoms with Crippen molar-refractivity contribution in [3.05, 3.63) is 41.7 Å². The highest BCUT2D eigenvalue weighted by Crippen LogP contribution is 2.50. The zero-order valence-corrected chi connectivity index (χ0v) is 18.7. The molecule has 0 radical (unpaired) electrons. The molecule has 1 aromatic carbocycles. The second-order valence-electron chi connectivity index (χ2n) is 9.29. The second kappa shape index (κ2) is 8.81. The Kier molecular flexibility index (Phi) is 5.83. The molecule has 2 aromatic heterocycles. The highest BCUT2D eigenvalue weighted by atomic mass is 19.4. The van der Waals surface area contributed by atoms with Crippen molar-refractivity contribution in [2.45, 2.75) is 51.6 Å². The molecule has 2 N–H and O–H groups in total. The summed E-state index contributed by atoms with van der Waals surface area (Å²) < 4.78 is 38.8. The fraction of sp³-hybridized carbons (Fsp3) is 0.458. The maximum Gasteiger partial charge on any atom is 0.433 e. The van der Waals surface area contributed by atoms with E-state index in [1.807, 2.05) is 13.0 Å².